The molecule has 0 bridgehead atoms. The number of hydrogen-bond donors (Lipinski definition) is 1. The second kappa shape index (κ2) is 8.93. The average Bonchev–Trinajstić information content (AvgIpc) is 3.19. The van der Waals surface area contributed by atoms with Gasteiger partial charge in [-0.2, -0.15) is 31.4 Å². The number of amides is 1. The molecule has 1 amide bonds. The van der Waals surface area contributed by atoms with Gasteiger partial charge in [-0.25, -0.2) is 4.68 Å². The van der Waals surface area contributed by atoms with Gasteiger partial charge in [0.15, 0.2) is 5.69 Å². The Bertz CT molecular complexity index is 1110. The molecule has 3 aromatic rings. The fourth-order valence-electron chi connectivity index (χ4n) is 3.11. The smallest absolute Gasteiger partial charge is 0.434 e. The second-order valence-electron chi connectivity index (χ2n) is 6.68. The fourth-order valence-corrected chi connectivity index (χ4v) is 3.11. The Morgan fingerprint density at radius 3 is 2.41 bits per heavy atom. The van der Waals surface area contributed by atoms with Crippen molar-refractivity contribution in [1.82, 2.24) is 15.1 Å². The minimum absolute atomic E-state index is 0.00520. The van der Waals surface area contributed by atoms with Crippen LogP contribution in [0.25, 0.3) is 5.69 Å². The Hall–Kier alpha value is -3.50. The molecule has 0 unspecified atom stereocenters. The third kappa shape index (κ3) is 5.04. The number of benzene rings is 2. The van der Waals surface area contributed by atoms with Gasteiger partial charge in [-0.3, -0.25) is 4.79 Å². The van der Waals surface area contributed by atoms with Gasteiger partial charge >= 0.3 is 12.4 Å². The van der Waals surface area contributed by atoms with E-state index in [1.165, 1.54) is 7.11 Å². The van der Waals surface area contributed by atoms with E-state index in [-0.39, 0.29) is 11.2 Å². The van der Waals surface area contributed by atoms with E-state index in [9.17, 15) is 31.1 Å². The van der Waals surface area contributed by atoms with Crippen LogP contribution < -0.4 is 10.1 Å². The maximum Gasteiger partial charge on any atom is 0.434 e. The zero-order valence-corrected chi connectivity index (χ0v) is 16.6. The van der Waals surface area contributed by atoms with Crippen LogP contribution in [0.4, 0.5) is 26.3 Å². The predicted molar refractivity (Wildman–Crippen MR) is 103 cm³/mol. The number of halogens is 6. The Labute approximate surface area is 178 Å². The predicted octanol–water partition coefficient (Wildman–Crippen LogP) is 4.89. The molecule has 0 fully saturated rings. The lowest BCUT2D eigenvalue weighted by molar-refractivity contribution is -0.143. The molecule has 0 radical (unpaired) electrons. The molecule has 0 saturated carbocycles. The first-order valence-corrected chi connectivity index (χ1v) is 9.25. The van der Waals surface area contributed by atoms with Gasteiger partial charge in [0, 0.05) is 6.54 Å². The van der Waals surface area contributed by atoms with Crippen LogP contribution in [-0.4, -0.2) is 29.3 Å². The quantitative estimate of drug-likeness (QED) is 0.537. The van der Waals surface area contributed by atoms with Crippen LogP contribution in [0.5, 0.6) is 5.75 Å². The Morgan fingerprint density at radius 1 is 1.03 bits per heavy atom. The van der Waals surface area contributed by atoms with Gasteiger partial charge in [0.25, 0.3) is 5.91 Å². The molecule has 5 nitrogen and oxygen atoms in total. The lowest BCUT2D eigenvalue weighted by atomic mass is 10.1. The number of hydrogen-bond acceptors (Lipinski definition) is 3. The van der Waals surface area contributed by atoms with E-state index in [1.807, 2.05) is 0 Å². The van der Waals surface area contributed by atoms with E-state index < -0.39 is 40.8 Å². The molecule has 0 aliphatic heterocycles. The zero-order valence-electron chi connectivity index (χ0n) is 16.6. The van der Waals surface area contributed by atoms with Crippen LogP contribution in [0, 0.1) is 0 Å². The molecular formula is C21H17F6N3O2. The lowest BCUT2D eigenvalue weighted by Gasteiger charge is -2.14. The van der Waals surface area contributed by atoms with E-state index in [4.69, 9.17) is 4.74 Å². The number of rotatable bonds is 6. The maximum atomic E-state index is 13.7. The number of aromatic nitrogens is 2. The molecule has 11 heteroatoms. The van der Waals surface area contributed by atoms with E-state index in [1.54, 1.807) is 24.3 Å². The molecule has 0 spiro atoms. The summed E-state index contributed by atoms with van der Waals surface area (Å²) in [6.45, 7) is 0.00520. The highest BCUT2D eigenvalue weighted by Crippen LogP contribution is 2.35. The first kappa shape index (κ1) is 23.2. The summed E-state index contributed by atoms with van der Waals surface area (Å²) in [6, 6.07) is 10.2. The zero-order chi connectivity index (χ0) is 23.5. The van der Waals surface area contributed by atoms with Gasteiger partial charge in [0.05, 0.1) is 30.1 Å². The third-order valence-corrected chi connectivity index (χ3v) is 4.57. The lowest BCUT2D eigenvalue weighted by Crippen LogP contribution is -2.28. The van der Waals surface area contributed by atoms with E-state index in [0.717, 1.165) is 23.8 Å². The Morgan fingerprint density at radius 2 is 1.75 bits per heavy atom. The number of methoxy groups -OCH3 is 1. The van der Waals surface area contributed by atoms with Gasteiger partial charge < -0.3 is 10.1 Å². The van der Waals surface area contributed by atoms with Crippen molar-refractivity contribution in [2.75, 3.05) is 13.7 Å². The number of alkyl halides is 6. The van der Waals surface area contributed by atoms with E-state index in [0.29, 0.717) is 24.4 Å². The summed E-state index contributed by atoms with van der Waals surface area (Å²) < 4.78 is 85.5. The highest BCUT2D eigenvalue weighted by molar-refractivity contribution is 5.95. The van der Waals surface area contributed by atoms with Crippen LogP contribution in [0.1, 0.15) is 27.2 Å². The molecule has 3 rings (SSSR count). The summed E-state index contributed by atoms with van der Waals surface area (Å²) in [5.41, 5.74) is -3.13. The van der Waals surface area contributed by atoms with Gasteiger partial charge in [-0.1, -0.05) is 24.3 Å². The van der Waals surface area contributed by atoms with Crippen molar-refractivity contribution in [1.29, 1.82) is 0 Å². The number of ether oxygens (including phenoxy) is 1. The van der Waals surface area contributed by atoms with Crippen molar-refractivity contribution in [2.45, 2.75) is 18.8 Å². The molecular weight excluding hydrogens is 440 g/mol. The number of nitrogens with zero attached hydrogens (tertiary/aromatic N) is 2. The summed E-state index contributed by atoms with van der Waals surface area (Å²) >= 11 is 0. The molecule has 2 aromatic carbocycles. The number of carbonyl (C=O) groups excluding carboxylic acids is 1. The van der Waals surface area contributed by atoms with Gasteiger partial charge in [0.1, 0.15) is 5.75 Å². The summed E-state index contributed by atoms with van der Waals surface area (Å²) in [5, 5.41) is 5.92. The highest BCUT2D eigenvalue weighted by atomic mass is 19.4. The SMILES string of the molecule is COc1ccccc1CCNC(=O)c1cnn(-c2cccc(C(F)(F)F)c2)c1C(F)(F)F. The van der Waals surface area contributed by atoms with Gasteiger partial charge in [0.2, 0.25) is 0 Å². The maximum absolute atomic E-state index is 13.7. The molecule has 1 aromatic heterocycles. The minimum Gasteiger partial charge on any atom is -0.496 e. The monoisotopic (exact) mass is 457 g/mol. The van der Waals surface area contributed by atoms with E-state index >= 15 is 0 Å². The van der Waals surface area contributed by atoms with Crippen molar-refractivity contribution in [2.24, 2.45) is 0 Å². The second-order valence-corrected chi connectivity index (χ2v) is 6.68. The first-order valence-electron chi connectivity index (χ1n) is 9.25. The topological polar surface area (TPSA) is 56.1 Å². The first-order chi connectivity index (χ1) is 15.0. The van der Waals surface area contributed by atoms with Crippen molar-refractivity contribution in [3.63, 3.8) is 0 Å². The van der Waals surface area contributed by atoms with E-state index in [2.05, 4.69) is 10.4 Å². The van der Waals surface area contributed by atoms with Crippen LogP contribution in [0.15, 0.2) is 54.7 Å². The molecule has 0 aliphatic carbocycles. The highest BCUT2D eigenvalue weighted by Gasteiger charge is 2.41. The van der Waals surface area contributed by atoms with Crippen LogP contribution in [0.3, 0.4) is 0 Å². The normalized spacial score (nSPS) is 12.0. The van der Waals surface area contributed by atoms with Crippen LogP contribution in [0.2, 0.25) is 0 Å². The standard InChI is InChI=1S/C21H17F6N3O2/c1-32-17-8-3-2-5-13(17)9-10-28-19(31)16-12-29-30(18(16)21(25,26)27)15-7-4-6-14(11-15)20(22,23)24/h2-8,11-12H,9-10H2,1H3,(H,28,31). The summed E-state index contributed by atoms with van der Waals surface area (Å²) in [5.74, 6) is -0.486. The molecule has 1 heterocycles. The number of carbonyl (C=O) groups is 1. The summed E-state index contributed by atoms with van der Waals surface area (Å²) in [6.07, 6.45) is -8.82. The van der Waals surface area contributed by atoms with Crippen molar-refractivity contribution >= 4 is 5.91 Å². The van der Waals surface area contributed by atoms with Crippen LogP contribution in [-0.2, 0) is 18.8 Å². The molecule has 0 saturated heterocycles. The van der Waals surface area contributed by atoms with Crippen molar-refractivity contribution in [3.05, 3.63) is 77.1 Å². The molecule has 32 heavy (non-hydrogen) atoms. The molecule has 0 atom stereocenters. The largest absolute Gasteiger partial charge is 0.496 e. The minimum atomic E-state index is -5.04. The average molecular weight is 457 g/mol. The number of para-hydroxylation sites is 1. The fraction of sp³-hybridized carbons (Fsp3) is 0.238. The molecule has 1 N–H and O–H groups in total. The Kier molecular flexibility index (Phi) is 6.47. The summed E-state index contributed by atoms with van der Waals surface area (Å²) in [7, 11) is 1.47. The van der Waals surface area contributed by atoms with Crippen molar-refractivity contribution < 1.29 is 35.9 Å². The third-order valence-electron chi connectivity index (χ3n) is 4.57. The van der Waals surface area contributed by atoms with Gasteiger partial charge in [-0.05, 0) is 36.2 Å². The van der Waals surface area contributed by atoms with Crippen molar-refractivity contribution in [3.8, 4) is 11.4 Å². The summed E-state index contributed by atoms with van der Waals surface area (Å²) in [4.78, 5) is 12.5. The number of nitrogens with one attached hydrogen (secondary N) is 1. The molecule has 170 valence electrons. The molecule has 0 aliphatic rings. The van der Waals surface area contributed by atoms with Gasteiger partial charge in [-0.15, -0.1) is 0 Å². The van der Waals surface area contributed by atoms with Crippen LogP contribution >= 0.6 is 0 Å². The Balaban J connectivity index is 1.86.